The predicted molar refractivity (Wildman–Crippen MR) is 74.9 cm³/mol. The summed E-state index contributed by atoms with van der Waals surface area (Å²) in [6.45, 7) is 0.458. The van der Waals surface area contributed by atoms with Gasteiger partial charge in [0.15, 0.2) is 0 Å². The maximum Gasteiger partial charge on any atom is 0.326 e. The maximum absolute atomic E-state index is 11.7. The van der Waals surface area contributed by atoms with Crippen molar-refractivity contribution in [1.82, 2.24) is 10.6 Å². The van der Waals surface area contributed by atoms with Crippen LogP contribution in [0.1, 0.15) is 32.1 Å². The number of amides is 2. The third-order valence-corrected chi connectivity index (χ3v) is 4.92. The fraction of sp³-hybridized carbons (Fsp3) is 0.750. The highest BCUT2D eigenvalue weighted by Gasteiger charge is 2.33. The van der Waals surface area contributed by atoms with Gasteiger partial charge in [-0.3, -0.25) is 4.79 Å². The minimum atomic E-state index is -1.42. The molecule has 8 heteroatoms. The Kier molecular flexibility index (Phi) is 6.12. The topological polar surface area (TPSA) is 116 Å². The Bertz CT molecular complexity index is 382. The summed E-state index contributed by atoms with van der Waals surface area (Å²) in [6.07, 6.45) is 5.64. The van der Waals surface area contributed by atoms with Crippen LogP contribution in [0.4, 0.5) is 4.79 Å². The third kappa shape index (κ3) is 4.92. The Hall–Kier alpha value is -1.44. The summed E-state index contributed by atoms with van der Waals surface area (Å²) in [5.41, 5.74) is 0. The van der Waals surface area contributed by atoms with Crippen LogP contribution in [0.15, 0.2) is 0 Å². The van der Waals surface area contributed by atoms with Gasteiger partial charge in [-0.25, -0.2) is 9.59 Å². The molecule has 0 aromatic carbocycles. The number of rotatable bonds is 7. The molecule has 0 heterocycles. The van der Waals surface area contributed by atoms with Gasteiger partial charge in [0.25, 0.3) is 0 Å². The van der Waals surface area contributed by atoms with Gasteiger partial charge >= 0.3 is 18.0 Å². The van der Waals surface area contributed by atoms with Crippen molar-refractivity contribution in [3.63, 3.8) is 0 Å². The minimum Gasteiger partial charge on any atom is -0.481 e. The molecule has 7 nitrogen and oxygen atoms in total. The Balaban J connectivity index is 2.45. The van der Waals surface area contributed by atoms with Crippen molar-refractivity contribution in [3.05, 3.63) is 0 Å². The highest BCUT2D eigenvalue weighted by Crippen LogP contribution is 2.39. The number of hydrogen-bond acceptors (Lipinski definition) is 4. The van der Waals surface area contributed by atoms with Crippen LogP contribution in [0, 0.1) is 0 Å². The number of carbonyl (C=O) groups is 3. The molecule has 0 radical (unpaired) electrons. The fourth-order valence-electron chi connectivity index (χ4n) is 2.30. The lowest BCUT2D eigenvalue weighted by molar-refractivity contribution is -0.145. The number of thioether (sulfide) groups is 1. The van der Waals surface area contributed by atoms with E-state index in [1.807, 2.05) is 6.26 Å². The quantitative estimate of drug-likeness (QED) is 0.555. The molecule has 114 valence electrons. The van der Waals surface area contributed by atoms with Gasteiger partial charge in [-0.05, 0) is 19.1 Å². The average molecular weight is 304 g/mol. The van der Waals surface area contributed by atoms with Crippen LogP contribution in [0.5, 0.6) is 0 Å². The summed E-state index contributed by atoms with van der Waals surface area (Å²) in [4.78, 5) is 33.0. The van der Waals surface area contributed by atoms with Gasteiger partial charge in [0.05, 0.1) is 6.42 Å². The fourth-order valence-corrected chi connectivity index (χ4v) is 3.21. The average Bonchev–Trinajstić information content (AvgIpc) is 2.84. The molecule has 1 fully saturated rings. The molecular formula is C12H20N2O5S. The van der Waals surface area contributed by atoms with E-state index < -0.39 is 30.4 Å². The number of hydrogen-bond donors (Lipinski definition) is 4. The minimum absolute atomic E-state index is 0.0167. The Labute approximate surface area is 121 Å². The van der Waals surface area contributed by atoms with E-state index in [1.165, 1.54) is 0 Å². The summed E-state index contributed by atoms with van der Waals surface area (Å²) < 4.78 is 0.0167. The van der Waals surface area contributed by atoms with Crippen LogP contribution in [0.2, 0.25) is 0 Å². The smallest absolute Gasteiger partial charge is 0.326 e. The molecule has 0 bridgehead atoms. The molecule has 2 amide bonds. The number of carboxylic acid groups (broad SMARTS) is 2. The highest BCUT2D eigenvalue weighted by atomic mass is 32.2. The van der Waals surface area contributed by atoms with Crippen LogP contribution < -0.4 is 10.6 Å². The zero-order valence-corrected chi connectivity index (χ0v) is 12.2. The Morgan fingerprint density at radius 2 is 1.85 bits per heavy atom. The summed E-state index contributed by atoms with van der Waals surface area (Å²) in [6, 6.07) is -2.06. The van der Waals surface area contributed by atoms with Gasteiger partial charge in [-0.2, -0.15) is 11.8 Å². The van der Waals surface area contributed by atoms with E-state index in [-0.39, 0.29) is 4.75 Å². The lowest BCUT2D eigenvalue weighted by Crippen LogP contribution is -2.49. The van der Waals surface area contributed by atoms with Crippen molar-refractivity contribution in [2.24, 2.45) is 0 Å². The van der Waals surface area contributed by atoms with Gasteiger partial charge < -0.3 is 20.8 Å². The standard InChI is InChI=1S/C12H20N2O5S/c1-20-12(4-2-3-5-12)7-13-11(19)14-8(10(17)18)6-9(15)16/h8H,2-7H2,1H3,(H,15,16)(H,17,18)(H2,13,14,19)/t8-/m1/s1. The van der Waals surface area contributed by atoms with Crippen LogP contribution in [-0.4, -0.2) is 51.8 Å². The van der Waals surface area contributed by atoms with Crippen molar-refractivity contribution in [2.75, 3.05) is 12.8 Å². The molecule has 4 N–H and O–H groups in total. The molecule has 20 heavy (non-hydrogen) atoms. The third-order valence-electron chi connectivity index (χ3n) is 3.50. The molecule has 1 aliphatic carbocycles. The summed E-state index contributed by atoms with van der Waals surface area (Å²) in [5, 5.41) is 22.2. The summed E-state index contributed by atoms with van der Waals surface area (Å²) in [5.74, 6) is -2.63. The molecule has 1 aliphatic rings. The lowest BCUT2D eigenvalue weighted by Gasteiger charge is -2.27. The molecule has 0 aromatic rings. The van der Waals surface area contributed by atoms with Gasteiger partial charge in [0.1, 0.15) is 6.04 Å². The predicted octanol–water partition coefficient (Wildman–Crippen LogP) is 0.889. The Morgan fingerprint density at radius 1 is 1.25 bits per heavy atom. The number of carbonyl (C=O) groups excluding carboxylic acids is 1. The molecule has 0 aliphatic heterocycles. The second-order valence-corrected chi connectivity index (χ2v) is 6.18. The monoisotopic (exact) mass is 304 g/mol. The number of urea groups is 1. The summed E-state index contributed by atoms with van der Waals surface area (Å²) in [7, 11) is 0. The van der Waals surface area contributed by atoms with Gasteiger partial charge in [0, 0.05) is 11.3 Å². The van der Waals surface area contributed by atoms with E-state index in [9.17, 15) is 14.4 Å². The zero-order valence-electron chi connectivity index (χ0n) is 11.3. The molecule has 1 rings (SSSR count). The number of nitrogens with one attached hydrogen (secondary N) is 2. The van der Waals surface area contributed by atoms with Crippen LogP contribution >= 0.6 is 11.8 Å². The molecule has 0 aromatic heterocycles. The lowest BCUT2D eigenvalue weighted by atomic mass is 10.1. The van der Waals surface area contributed by atoms with Crippen molar-refractivity contribution in [2.45, 2.75) is 42.9 Å². The van der Waals surface area contributed by atoms with Gasteiger partial charge in [-0.15, -0.1) is 0 Å². The van der Waals surface area contributed by atoms with E-state index in [2.05, 4.69) is 10.6 Å². The van der Waals surface area contributed by atoms with E-state index in [1.54, 1.807) is 11.8 Å². The second-order valence-electron chi connectivity index (χ2n) is 4.91. The Morgan fingerprint density at radius 3 is 2.30 bits per heavy atom. The van der Waals surface area contributed by atoms with Crippen LogP contribution in [0.25, 0.3) is 0 Å². The highest BCUT2D eigenvalue weighted by molar-refractivity contribution is 8.00. The van der Waals surface area contributed by atoms with Crippen LogP contribution in [-0.2, 0) is 9.59 Å². The van der Waals surface area contributed by atoms with E-state index in [0.29, 0.717) is 6.54 Å². The van der Waals surface area contributed by atoms with Crippen molar-refractivity contribution >= 4 is 29.7 Å². The van der Waals surface area contributed by atoms with Gasteiger partial charge in [-0.1, -0.05) is 12.8 Å². The van der Waals surface area contributed by atoms with Crippen molar-refractivity contribution in [3.8, 4) is 0 Å². The normalized spacial score (nSPS) is 18.2. The van der Waals surface area contributed by atoms with Crippen molar-refractivity contribution < 1.29 is 24.6 Å². The molecule has 1 atom stereocenters. The molecule has 0 unspecified atom stereocenters. The van der Waals surface area contributed by atoms with Crippen LogP contribution in [0.3, 0.4) is 0 Å². The first-order chi connectivity index (χ1) is 9.38. The number of aliphatic carboxylic acids is 2. The van der Waals surface area contributed by atoms with Gasteiger partial charge in [0.2, 0.25) is 0 Å². The first-order valence-corrected chi connectivity index (χ1v) is 7.65. The molecule has 1 saturated carbocycles. The summed E-state index contributed by atoms with van der Waals surface area (Å²) >= 11 is 1.70. The van der Waals surface area contributed by atoms with Crippen molar-refractivity contribution in [1.29, 1.82) is 0 Å². The first-order valence-electron chi connectivity index (χ1n) is 6.43. The molecule has 0 spiro atoms. The SMILES string of the molecule is CSC1(CNC(=O)N[C@H](CC(=O)O)C(=O)O)CCCC1. The second kappa shape index (κ2) is 7.37. The zero-order chi connectivity index (χ0) is 15.2. The maximum atomic E-state index is 11.7. The van der Waals surface area contributed by atoms with E-state index >= 15 is 0 Å². The van der Waals surface area contributed by atoms with E-state index in [4.69, 9.17) is 10.2 Å². The molecule has 0 saturated heterocycles. The molecular weight excluding hydrogens is 284 g/mol. The first kappa shape index (κ1) is 16.6. The largest absolute Gasteiger partial charge is 0.481 e. The number of carboxylic acids is 2. The van der Waals surface area contributed by atoms with E-state index in [0.717, 1.165) is 25.7 Å².